The minimum Gasteiger partial charge on any atom is -0.351 e. The van der Waals surface area contributed by atoms with E-state index < -0.39 is 0 Å². The topological polar surface area (TPSA) is 63.1 Å². The molecule has 2 aromatic heterocycles. The van der Waals surface area contributed by atoms with Crippen LogP contribution in [0.2, 0.25) is 5.02 Å². The fourth-order valence-corrected chi connectivity index (χ4v) is 4.61. The van der Waals surface area contributed by atoms with Crippen molar-refractivity contribution in [1.82, 2.24) is 24.8 Å². The Labute approximate surface area is 207 Å². The fourth-order valence-electron chi connectivity index (χ4n) is 3.43. The van der Waals surface area contributed by atoms with Gasteiger partial charge in [-0.15, -0.1) is 0 Å². The maximum absolute atomic E-state index is 14.5. The van der Waals surface area contributed by atoms with E-state index in [-0.39, 0.29) is 18.3 Å². The Kier molecular flexibility index (Phi) is 7.82. The number of hydrogen-bond donors (Lipinski definition) is 1. The maximum atomic E-state index is 14.5. The average molecular weight is 498 g/mol. The standard InChI is InChI=1S/C25H25ClFN5OS/c1-31(2)14-13-29-24(33)18-10-8-17(9-11-18)16-34-25-30-22-7-4-12-28-23(22)32(25)15-19-20(26)5-3-6-21(19)27/h3-12H,13-16H2,1-2H3,(H,29,33). The van der Waals surface area contributed by atoms with E-state index in [0.717, 1.165) is 22.8 Å². The molecule has 4 rings (SSSR count). The highest BCUT2D eigenvalue weighted by Crippen LogP contribution is 2.29. The Morgan fingerprint density at radius 2 is 1.94 bits per heavy atom. The molecule has 1 N–H and O–H groups in total. The molecule has 4 aromatic rings. The van der Waals surface area contributed by atoms with E-state index >= 15 is 0 Å². The lowest BCUT2D eigenvalue weighted by molar-refractivity contribution is 0.0951. The minimum atomic E-state index is -0.360. The van der Waals surface area contributed by atoms with Crippen LogP contribution in [0.3, 0.4) is 0 Å². The molecule has 0 unspecified atom stereocenters. The van der Waals surface area contributed by atoms with Gasteiger partial charge in [0.25, 0.3) is 5.91 Å². The molecule has 2 heterocycles. The third-order valence-corrected chi connectivity index (χ3v) is 6.68. The summed E-state index contributed by atoms with van der Waals surface area (Å²) < 4.78 is 16.4. The number of carbonyl (C=O) groups is 1. The first-order chi connectivity index (χ1) is 16.4. The highest BCUT2D eigenvalue weighted by molar-refractivity contribution is 7.98. The summed E-state index contributed by atoms with van der Waals surface area (Å²) in [5.74, 6) is 0.188. The average Bonchev–Trinajstić information content (AvgIpc) is 3.17. The number of nitrogens with one attached hydrogen (secondary N) is 1. The van der Waals surface area contributed by atoms with Gasteiger partial charge in [-0.1, -0.05) is 41.6 Å². The number of rotatable bonds is 9. The predicted octanol–water partition coefficient (Wildman–Crippen LogP) is 4.86. The van der Waals surface area contributed by atoms with Gasteiger partial charge in [-0.25, -0.2) is 14.4 Å². The Bertz CT molecular complexity index is 1270. The summed E-state index contributed by atoms with van der Waals surface area (Å²) in [4.78, 5) is 23.5. The van der Waals surface area contributed by atoms with Crippen LogP contribution in [0.1, 0.15) is 21.5 Å². The second kappa shape index (κ2) is 11.0. The van der Waals surface area contributed by atoms with Crippen LogP contribution >= 0.6 is 23.4 Å². The van der Waals surface area contributed by atoms with E-state index in [2.05, 4.69) is 10.3 Å². The molecular formula is C25H25ClFN5OS. The van der Waals surface area contributed by atoms with Crippen molar-refractivity contribution in [3.8, 4) is 0 Å². The van der Waals surface area contributed by atoms with Crippen molar-refractivity contribution < 1.29 is 9.18 Å². The molecule has 0 bridgehead atoms. The fraction of sp³-hybridized carbons (Fsp3) is 0.240. The van der Waals surface area contributed by atoms with Crippen molar-refractivity contribution in [2.75, 3.05) is 27.2 Å². The molecule has 0 fully saturated rings. The van der Waals surface area contributed by atoms with Crippen molar-refractivity contribution >= 4 is 40.4 Å². The zero-order valence-electron chi connectivity index (χ0n) is 19.0. The molecule has 0 saturated carbocycles. The molecule has 9 heteroatoms. The van der Waals surface area contributed by atoms with Gasteiger partial charge in [-0.3, -0.25) is 9.36 Å². The third kappa shape index (κ3) is 5.75. The summed E-state index contributed by atoms with van der Waals surface area (Å²) in [6.45, 7) is 1.61. The number of hydrogen-bond acceptors (Lipinski definition) is 5. The second-order valence-electron chi connectivity index (χ2n) is 8.07. The lowest BCUT2D eigenvalue weighted by atomic mass is 10.1. The van der Waals surface area contributed by atoms with Crippen molar-refractivity contribution in [2.24, 2.45) is 0 Å². The smallest absolute Gasteiger partial charge is 0.251 e. The van der Waals surface area contributed by atoms with E-state index in [0.29, 0.717) is 34.1 Å². The second-order valence-corrected chi connectivity index (χ2v) is 9.42. The van der Waals surface area contributed by atoms with Crippen molar-refractivity contribution in [3.05, 3.63) is 88.3 Å². The number of likely N-dealkylation sites (N-methyl/N-ethyl adjacent to an activating group) is 1. The number of fused-ring (bicyclic) bond motifs is 1. The van der Waals surface area contributed by atoms with E-state index in [1.165, 1.54) is 17.8 Å². The van der Waals surface area contributed by atoms with Gasteiger partial charge >= 0.3 is 0 Å². The maximum Gasteiger partial charge on any atom is 0.251 e. The van der Waals surface area contributed by atoms with E-state index in [9.17, 15) is 9.18 Å². The zero-order valence-corrected chi connectivity index (χ0v) is 20.5. The zero-order chi connectivity index (χ0) is 24.1. The molecule has 0 aliphatic rings. The molecule has 0 spiro atoms. The molecule has 0 aliphatic carbocycles. The first kappa shape index (κ1) is 24.2. The van der Waals surface area contributed by atoms with Gasteiger partial charge in [0.2, 0.25) is 0 Å². The summed E-state index contributed by atoms with van der Waals surface area (Å²) >= 11 is 7.80. The Morgan fingerprint density at radius 3 is 2.68 bits per heavy atom. The Hall–Kier alpha value is -2.94. The molecule has 1 amide bonds. The van der Waals surface area contributed by atoms with Crippen LogP contribution in [0, 0.1) is 5.82 Å². The summed E-state index contributed by atoms with van der Waals surface area (Å²) in [5.41, 5.74) is 3.49. The van der Waals surface area contributed by atoms with E-state index in [1.54, 1.807) is 18.3 Å². The van der Waals surface area contributed by atoms with Gasteiger partial charge in [0.15, 0.2) is 10.8 Å². The summed E-state index contributed by atoms with van der Waals surface area (Å²) in [7, 11) is 3.93. The number of nitrogens with zero attached hydrogens (tertiary/aromatic N) is 4. The van der Waals surface area contributed by atoms with Crippen molar-refractivity contribution in [1.29, 1.82) is 0 Å². The molecule has 0 aliphatic heterocycles. The highest BCUT2D eigenvalue weighted by atomic mass is 35.5. The monoisotopic (exact) mass is 497 g/mol. The molecule has 0 saturated heterocycles. The number of imidazole rings is 1. The molecule has 34 heavy (non-hydrogen) atoms. The van der Waals surface area contributed by atoms with Crippen LogP contribution in [0.5, 0.6) is 0 Å². The van der Waals surface area contributed by atoms with Gasteiger partial charge in [-0.05, 0) is 56.1 Å². The first-order valence-electron chi connectivity index (χ1n) is 10.8. The number of aromatic nitrogens is 3. The molecule has 0 atom stereocenters. The van der Waals surface area contributed by atoms with Gasteiger partial charge < -0.3 is 10.2 Å². The van der Waals surface area contributed by atoms with Gasteiger partial charge in [-0.2, -0.15) is 0 Å². The van der Waals surface area contributed by atoms with Gasteiger partial charge in [0, 0.05) is 41.2 Å². The highest BCUT2D eigenvalue weighted by Gasteiger charge is 2.16. The SMILES string of the molecule is CN(C)CCNC(=O)c1ccc(CSc2nc3cccnc3n2Cc2c(F)cccc2Cl)cc1. The van der Waals surface area contributed by atoms with E-state index in [1.807, 2.05) is 60.0 Å². The lowest BCUT2D eigenvalue weighted by Crippen LogP contribution is -2.31. The van der Waals surface area contributed by atoms with Crippen molar-refractivity contribution in [2.45, 2.75) is 17.5 Å². The third-order valence-electron chi connectivity index (χ3n) is 5.28. The lowest BCUT2D eigenvalue weighted by Gasteiger charge is -2.11. The number of carbonyl (C=O) groups excluding carboxylic acids is 1. The van der Waals surface area contributed by atoms with Crippen LogP contribution in [0.15, 0.2) is 66.0 Å². The quantitative estimate of drug-likeness (QED) is 0.335. The minimum absolute atomic E-state index is 0.0873. The van der Waals surface area contributed by atoms with Gasteiger partial charge in [0.1, 0.15) is 11.3 Å². The number of amides is 1. The van der Waals surface area contributed by atoms with Crippen LogP contribution < -0.4 is 5.32 Å². The largest absolute Gasteiger partial charge is 0.351 e. The molecule has 176 valence electrons. The summed E-state index contributed by atoms with van der Waals surface area (Å²) in [6.07, 6.45) is 1.69. The summed E-state index contributed by atoms with van der Waals surface area (Å²) in [6, 6.07) is 15.9. The number of thioether (sulfide) groups is 1. The predicted molar refractivity (Wildman–Crippen MR) is 135 cm³/mol. The van der Waals surface area contributed by atoms with E-state index in [4.69, 9.17) is 16.6 Å². The van der Waals surface area contributed by atoms with Crippen LogP contribution in [-0.4, -0.2) is 52.5 Å². The first-order valence-corrected chi connectivity index (χ1v) is 12.2. The summed E-state index contributed by atoms with van der Waals surface area (Å²) in [5, 5.41) is 4.00. The molecule has 0 radical (unpaired) electrons. The van der Waals surface area contributed by atoms with Gasteiger partial charge in [0.05, 0.1) is 6.54 Å². The number of benzene rings is 2. The number of halogens is 2. The normalized spacial score (nSPS) is 11.3. The number of pyridine rings is 1. The Morgan fingerprint density at radius 1 is 1.15 bits per heavy atom. The van der Waals surface area contributed by atoms with Crippen molar-refractivity contribution in [3.63, 3.8) is 0 Å². The molecule has 2 aromatic carbocycles. The molecular weight excluding hydrogens is 473 g/mol. The van der Waals surface area contributed by atoms with Crippen LogP contribution in [0.25, 0.3) is 11.2 Å². The van der Waals surface area contributed by atoms with Crippen LogP contribution in [-0.2, 0) is 12.3 Å². The van der Waals surface area contributed by atoms with Crippen LogP contribution in [0.4, 0.5) is 4.39 Å². The Balaban J connectivity index is 1.49. The molecule has 6 nitrogen and oxygen atoms in total.